The standard InChI is InChI=1S/C17H31N3O2.HI/c1-18-17(19-9-3-15-5-11-21-12-6-15)20(2)10-4-16-7-13-22-14-8-16;/h5,16H,3-4,6-14H2,1-2H3,(H,18,19);1H. The van der Waals surface area contributed by atoms with E-state index in [1.54, 1.807) is 0 Å². The highest BCUT2D eigenvalue weighted by Gasteiger charge is 2.15. The summed E-state index contributed by atoms with van der Waals surface area (Å²) in [4.78, 5) is 6.64. The van der Waals surface area contributed by atoms with Crippen molar-refractivity contribution in [1.29, 1.82) is 0 Å². The molecule has 0 aliphatic carbocycles. The Kier molecular flexibility index (Phi) is 10.9. The van der Waals surface area contributed by atoms with Gasteiger partial charge in [-0.3, -0.25) is 4.99 Å². The summed E-state index contributed by atoms with van der Waals surface area (Å²) in [5.74, 6) is 1.81. The van der Waals surface area contributed by atoms with Gasteiger partial charge in [0.15, 0.2) is 5.96 Å². The average Bonchev–Trinajstić information content (AvgIpc) is 2.58. The van der Waals surface area contributed by atoms with E-state index in [0.717, 1.165) is 64.2 Å². The number of aliphatic imine (C=N–C) groups is 1. The van der Waals surface area contributed by atoms with Crippen LogP contribution in [-0.2, 0) is 9.47 Å². The molecule has 23 heavy (non-hydrogen) atoms. The summed E-state index contributed by atoms with van der Waals surface area (Å²) in [5.41, 5.74) is 1.50. The van der Waals surface area contributed by atoms with Gasteiger partial charge >= 0.3 is 0 Å². The molecule has 1 fully saturated rings. The highest BCUT2D eigenvalue weighted by molar-refractivity contribution is 14.0. The number of rotatable bonds is 6. The smallest absolute Gasteiger partial charge is 0.193 e. The van der Waals surface area contributed by atoms with Crippen LogP contribution in [0.5, 0.6) is 0 Å². The van der Waals surface area contributed by atoms with Crippen LogP contribution in [0.25, 0.3) is 0 Å². The Labute approximate surface area is 157 Å². The lowest BCUT2D eigenvalue weighted by Gasteiger charge is -2.27. The van der Waals surface area contributed by atoms with Crippen molar-refractivity contribution in [1.82, 2.24) is 10.2 Å². The second-order valence-electron chi connectivity index (χ2n) is 6.18. The Bertz CT molecular complexity index is 382. The van der Waals surface area contributed by atoms with Gasteiger partial charge in [-0.2, -0.15) is 0 Å². The van der Waals surface area contributed by atoms with Crippen LogP contribution in [0.15, 0.2) is 16.6 Å². The van der Waals surface area contributed by atoms with Gasteiger partial charge < -0.3 is 19.7 Å². The van der Waals surface area contributed by atoms with Gasteiger partial charge in [0.1, 0.15) is 0 Å². The zero-order valence-electron chi connectivity index (χ0n) is 14.6. The van der Waals surface area contributed by atoms with E-state index in [2.05, 4.69) is 28.3 Å². The van der Waals surface area contributed by atoms with E-state index >= 15 is 0 Å². The van der Waals surface area contributed by atoms with Gasteiger partial charge in [0.05, 0.1) is 13.2 Å². The molecule has 0 unspecified atom stereocenters. The van der Waals surface area contributed by atoms with Crippen molar-refractivity contribution in [2.24, 2.45) is 10.9 Å². The van der Waals surface area contributed by atoms with Crippen molar-refractivity contribution in [3.63, 3.8) is 0 Å². The normalized spacial score (nSPS) is 19.7. The zero-order chi connectivity index (χ0) is 15.6. The molecule has 0 radical (unpaired) electrons. The average molecular weight is 437 g/mol. The molecule has 1 N–H and O–H groups in total. The van der Waals surface area contributed by atoms with E-state index < -0.39 is 0 Å². The molecule has 0 atom stereocenters. The van der Waals surface area contributed by atoms with E-state index in [1.807, 2.05) is 7.05 Å². The fraction of sp³-hybridized carbons (Fsp3) is 0.824. The Morgan fingerprint density at radius 3 is 2.74 bits per heavy atom. The van der Waals surface area contributed by atoms with Crippen LogP contribution < -0.4 is 5.32 Å². The highest BCUT2D eigenvalue weighted by Crippen LogP contribution is 2.18. The van der Waals surface area contributed by atoms with Crippen molar-refractivity contribution in [2.75, 3.05) is 53.6 Å². The molecule has 2 aliphatic heterocycles. The fourth-order valence-electron chi connectivity index (χ4n) is 3.03. The van der Waals surface area contributed by atoms with Crippen LogP contribution in [-0.4, -0.2) is 64.5 Å². The first-order chi connectivity index (χ1) is 10.8. The number of nitrogens with zero attached hydrogens (tertiary/aromatic N) is 2. The minimum atomic E-state index is 0. The fourth-order valence-corrected chi connectivity index (χ4v) is 3.03. The molecular weight excluding hydrogens is 405 g/mol. The number of hydrogen-bond donors (Lipinski definition) is 1. The predicted molar refractivity (Wildman–Crippen MR) is 106 cm³/mol. The number of guanidine groups is 1. The van der Waals surface area contributed by atoms with Crippen molar-refractivity contribution >= 4 is 29.9 Å². The first-order valence-corrected chi connectivity index (χ1v) is 8.54. The number of ether oxygens (including phenoxy) is 2. The third-order valence-corrected chi connectivity index (χ3v) is 4.57. The first-order valence-electron chi connectivity index (χ1n) is 8.54. The molecule has 0 aromatic rings. The molecule has 0 aromatic heterocycles. The maximum absolute atomic E-state index is 5.42. The molecule has 1 saturated heterocycles. The molecule has 2 aliphatic rings. The quantitative estimate of drug-likeness (QED) is 0.301. The van der Waals surface area contributed by atoms with E-state index in [1.165, 1.54) is 24.8 Å². The van der Waals surface area contributed by atoms with Gasteiger partial charge in [0.2, 0.25) is 0 Å². The van der Waals surface area contributed by atoms with Gasteiger partial charge in [0.25, 0.3) is 0 Å². The summed E-state index contributed by atoms with van der Waals surface area (Å²) in [6, 6.07) is 0. The third-order valence-electron chi connectivity index (χ3n) is 4.57. The minimum Gasteiger partial charge on any atom is -0.381 e. The lowest BCUT2D eigenvalue weighted by Crippen LogP contribution is -2.40. The largest absolute Gasteiger partial charge is 0.381 e. The zero-order valence-corrected chi connectivity index (χ0v) is 16.9. The minimum absolute atomic E-state index is 0. The first kappa shape index (κ1) is 20.7. The van der Waals surface area contributed by atoms with E-state index in [0.29, 0.717) is 0 Å². The molecule has 0 bridgehead atoms. The van der Waals surface area contributed by atoms with Crippen LogP contribution in [0.4, 0.5) is 0 Å². The summed E-state index contributed by atoms with van der Waals surface area (Å²) in [5, 5.41) is 3.47. The Balaban J connectivity index is 0.00000264. The highest BCUT2D eigenvalue weighted by atomic mass is 127. The maximum atomic E-state index is 5.42. The summed E-state index contributed by atoms with van der Waals surface area (Å²) in [6.45, 7) is 5.50. The second kappa shape index (κ2) is 12.1. The van der Waals surface area contributed by atoms with Gasteiger partial charge in [-0.25, -0.2) is 0 Å². The molecule has 5 nitrogen and oxygen atoms in total. The summed E-state index contributed by atoms with van der Waals surface area (Å²) in [6.07, 6.45) is 7.99. The van der Waals surface area contributed by atoms with Gasteiger partial charge in [-0.1, -0.05) is 11.6 Å². The molecule has 0 aromatic carbocycles. The van der Waals surface area contributed by atoms with Crippen LogP contribution in [0.2, 0.25) is 0 Å². The third kappa shape index (κ3) is 7.85. The van der Waals surface area contributed by atoms with Gasteiger partial charge in [0, 0.05) is 40.4 Å². The summed E-state index contributed by atoms with van der Waals surface area (Å²) >= 11 is 0. The number of halogens is 1. The SMILES string of the molecule is CN=C(NCCC1=CCOCC1)N(C)CCC1CCOCC1.I. The molecule has 0 amide bonds. The van der Waals surface area contributed by atoms with Crippen LogP contribution >= 0.6 is 24.0 Å². The van der Waals surface area contributed by atoms with Crippen LogP contribution in [0, 0.1) is 5.92 Å². The Morgan fingerprint density at radius 2 is 2.09 bits per heavy atom. The topological polar surface area (TPSA) is 46.1 Å². The molecule has 0 saturated carbocycles. The second-order valence-corrected chi connectivity index (χ2v) is 6.18. The molecule has 134 valence electrons. The predicted octanol–water partition coefficient (Wildman–Crippen LogP) is 2.67. The lowest BCUT2D eigenvalue weighted by molar-refractivity contribution is 0.0625. The lowest BCUT2D eigenvalue weighted by atomic mass is 9.96. The van der Waals surface area contributed by atoms with E-state index in [-0.39, 0.29) is 24.0 Å². The molecular formula is C17H32IN3O2. The van der Waals surface area contributed by atoms with Crippen molar-refractivity contribution < 1.29 is 9.47 Å². The number of hydrogen-bond acceptors (Lipinski definition) is 3. The van der Waals surface area contributed by atoms with Crippen LogP contribution in [0.1, 0.15) is 32.1 Å². The molecule has 2 heterocycles. The van der Waals surface area contributed by atoms with Gasteiger partial charge in [-0.15, -0.1) is 24.0 Å². The Morgan fingerprint density at radius 1 is 1.30 bits per heavy atom. The molecule has 2 rings (SSSR count). The van der Waals surface area contributed by atoms with Crippen molar-refractivity contribution in [2.45, 2.75) is 32.1 Å². The number of nitrogens with one attached hydrogen (secondary N) is 1. The van der Waals surface area contributed by atoms with E-state index in [9.17, 15) is 0 Å². The van der Waals surface area contributed by atoms with Crippen molar-refractivity contribution in [3.8, 4) is 0 Å². The molecule has 0 spiro atoms. The Hall–Kier alpha value is -0.340. The maximum Gasteiger partial charge on any atom is 0.193 e. The van der Waals surface area contributed by atoms with Crippen molar-refractivity contribution in [3.05, 3.63) is 11.6 Å². The molecule has 6 heteroatoms. The summed E-state index contributed by atoms with van der Waals surface area (Å²) < 4.78 is 10.8. The summed E-state index contributed by atoms with van der Waals surface area (Å²) in [7, 11) is 3.99. The van der Waals surface area contributed by atoms with E-state index in [4.69, 9.17) is 9.47 Å². The van der Waals surface area contributed by atoms with Gasteiger partial charge in [-0.05, 0) is 38.0 Å². The van der Waals surface area contributed by atoms with Crippen LogP contribution in [0.3, 0.4) is 0 Å². The monoisotopic (exact) mass is 437 g/mol.